The molecule has 8 nitrogen and oxygen atoms in total. The summed E-state index contributed by atoms with van der Waals surface area (Å²) in [5, 5.41) is 2.87. The Hall–Kier alpha value is -3.90. The van der Waals surface area contributed by atoms with Crippen molar-refractivity contribution >= 4 is 50.1 Å². The van der Waals surface area contributed by atoms with Crippen molar-refractivity contribution < 1.29 is 22.7 Å². The Bertz CT molecular complexity index is 1620. The molecular weight excluding hydrogens is 677 g/mol. The van der Waals surface area contributed by atoms with Crippen molar-refractivity contribution in [3.63, 3.8) is 0 Å². The normalized spacial score (nSPS) is 11.8. The Balaban J connectivity index is 1.79. The Morgan fingerprint density at radius 1 is 0.860 bits per heavy atom. The van der Waals surface area contributed by atoms with Gasteiger partial charge in [-0.3, -0.25) is 13.9 Å². The van der Waals surface area contributed by atoms with Crippen LogP contribution in [0.25, 0.3) is 0 Å². The maximum absolute atomic E-state index is 14.4. The molecule has 4 rings (SSSR count). The number of methoxy groups -OCH3 is 1. The van der Waals surface area contributed by atoms with E-state index in [9.17, 15) is 18.0 Å². The van der Waals surface area contributed by atoms with Crippen LogP contribution in [-0.4, -0.2) is 51.4 Å². The van der Waals surface area contributed by atoms with Gasteiger partial charge < -0.3 is 15.0 Å². The number of hydrogen-bond donors (Lipinski definition) is 1. The Labute approximate surface area is 266 Å². The molecular formula is C33H34IN3O5S. The molecule has 0 saturated carbocycles. The first-order chi connectivity index (χ1) is 20.7. The largest absolute Gasteiger partial charge is 0.497 e. The third-order valence-electron chi connectivity index (χ3n) is 6.83. The minimum absolute atomic E-state index is 0.0604. The highest BCUT2D eigenvalue weighted by Gasteiger charge is 2.34. The second-order valence-electron chi connectivity index (χ2n) is 9.77. The number of carbonyl (C=O) groups is 2. The first-order valence-corrected chi connectivity index (χ1v) is 16.3. The number of nitrogens with one attached hydrogen (secondary N) is 1. The summed E-state index contributed by atoms with van der Waals surface area (Å²) >= 11 is 2.14. The van der Waals surface area contributed by atoms with Crippen molar-refractivity contribution in [1.29, 1.82) is 0 Å². The fourth-order valence-electron chi connectivity index (χ4n) is 4.67. The summed E-state index contributed by atoms with van der Waals surface area (Å²) in [6.45, 7) is 1.75. The smallest absolute Gasteiger partial charge is 0.264 e. The summed E-state index contributed by atoms with van der Waals surface area (Å²) in [5.41, 5.74) is 1.95. The van der Waals surface area contributed by atoms with Crippen LogP contribution in [0.1, 0.15) is 18.1 Å². The molecule has 0 heterocycles. The van der Waals surface area contributed by atoms with Gasteiger partial charge in [0.2, 0.25) is 11.8 Å². The van der Waals surface area contributed by atoms with Crippen LogP contribution in [-0.2, 0) is 32.6 Å². The van der Waals surface area contributed by atoms with E-state index in [1.165, 1.54) is 17.0 Å². The lowest BCUT2D eigenvalue weighted by atomic mass is 10.0. The molecule has 0 unspecified atom stereocenters. The summed E-state index contributed by atoms with van der Waals surface area (Å²) in [5.74, 6) is -0.239. The van der Waals surface area contributed by atoms with Gasteiger partial charge in [0.1, 0.15) is 18.3 Å². The number of likely N-dealkylation sites (N-methyl/N-ethyl adjacent to an activating group) is 1. The molecule has 0 fully saturated rings. The van der Waals surface area contributed by atoms with Gasteiger partial charge in [-0.2, -0.15) is 0 Å². The highest BCUT2D eigenvalue weighted by Crippen LogP contribution is 2.26. The van der Waals surface area contributed by atoms with E-state index in [0.717, 1.165) is 19.0 Å². The van der Waals surface area contributed by atoms with Crippen molar-refractivity contribution in [2.24, 2.45) is 0 Å². The maximum atomic E-state index is 14.4. The molecule has 4 aromatic carbocycles. The number of halogens is 1. The lowest BCUT2D eigenvalue weighted by Gasteiger charge is -2.34. The predicted molar refractivity (Wildman–Crippen MR) is 176 cm³/mol. The van der Waals surface area contributed by atoms with Crippen LogP contribution < -0.4 is 14.4 Å². The second kappa shape index (κ2) is 15.0. The fraction of sp³-hybridized carbons (Fsp3) is 0.212. The van der Waals surface area contributed by atoms with Gasteiger partial charge in [-0.15, -0.1) is 0 Å². The molecule has 1 N–H and O–H groups in total. The minimum Gasteiger partial charge on any atom is -0.497 e. The fourth-order valence-corrected chi connectivity index (χ4v) is 6.46. The van der Waals surface area contributed by atoms with Gasteiger partial charge in [0.15, 0.2) is 0 Å². The highest BCUT2D eigenvalue weighted by molar-refractivity contribution is 14.1. The summed E-state index contributed by atoms with van der Waals surface area (Å²) in [7, 11) is -2.57. The zero-order valence-electron chi connectivity index (χ0n) is 24.0. The average Bonchev–Trinajstić information content (AvgIpc) is 3.03. The van der Waals surface area contributed by atoms with E-state index in [2.05, 4.69) is 27.9 Å². The zero-order valence-corrected chi connectivity index (χ0v) is 27.0. The van der Waals surface area contributed by atoms with E-state index in [0.29, 0.717) is 18.0 Å². The number of hydrogen-bond acceptors (Lipinski definition) is 5. The van der Waals surface area contributed by atoms with E-state index >= 15 is 0 Å². The zero-order chi connectivity index (χ0) is 30.8. The van der Waals surface area contributed by atoms with Gasteiger partial charge >= 0.3 is 0 Å². The third-order valence-corrected chi connectivity index (χ3v) is 9.34. The van der Waals surface area contributed by atoms with E-state index in [4.69, 9.17) is 4.74 Å². The summed E-state index contributed by atoms with van der Waals surface area (Å²) < 4.78 is 35.4. The molecule has 0 bridgehead atoms. The molecule has 1 atom stereocenters. The lowest BCUT2D eigenvalue weighted by molar-refractivity contribution is -0.140. The van der Waals surface area contributed by atoms with Crippen LogP contribution in [0.4, 0.5) is 5.69 Å². The van der Waals surface area contributed by atoms with Crippen molar-refractivity contribution in [1.82, 2.24) is 10.2 Å². The number of nitrogens with zero attached hydrogens (tertiary/aromatic N) is 2. The predicted octanol–water partition coefficient (Wildman–Crippen LogP) is 5.27. The SMILES string of the molecule is CCNC(=O)[C@H](Cc1ccccc1)N(Cc1cccc(OC)c1)C(=O)CN(c1ccc(I)cc1)S(=O)(=O)c1ccccc1. The molecule has 2 amide bonds. The van der Waals surface area contributed by atoms with Crippen molar-refractivity contribution in [3.8, 4) is 5.75 Å². The van der Waals surface area contributed by atoms with Crippen LogP contribution in [0.5, 0.6) is 5.75 Å². The molecule has 0 aliphatic rings. The molecule has 0 spiro atoms. The quantitative estimate of drug-likeness (QED) is 0.191. The lowest BCUT2D eigenvalue weighted by Crippen LogP contribution is -2.53. The van der Waals surface area contributed by atoms with E-state index in [-0.39, 0.29) is 23.8 Å². The number of ether oxygens (including phenoxy) is 1. The Morgan fingerprint density at radius 3 is 2.12 bits per heavy atom. The highest BCUT2D eigenvalue weighted by atomic mass is 127. The molecule has 0 aliphatic heterocycles. The van der Waals surface area contributed by atoms with Crippen LogP contribution >= 0.6 is 22.6 Å². The second-order valence-corrected chi connectivity index (χ2v) is 12.9. The summed E-state index contributed by atoms with van der Waals surface area (Å²) in [6.07, 6.45) is 0.247. The van der Waals surface area contributed by atoms with Gasteiger partial charge in [-0.1, -0.05) is 60.7 Å². The van der Waals surface area contributed by atoms with Gasteiger partial charge in [0, 0.05) is 23.1 Å². The molecule has 0 saturated heterocycles. The number of anilines is 1. The monoisotopic (exact) mass is 711 g/mol. The number of benzene rings is 4. The molecule has 0 aliphatic carbocycles. The van der Waals surface area contributed by atoms with Gasteiger partial charge in [-0.05, 0) is 89.2 Å². The van der Waals surface area contributed by atoms with E-state index < -0.39 is 28.5 Å². The minimum atomic E-state index is -4.13. The van der Waals surface area contributed by atoms with Crippen LogP contribution in [0.3, 0.4) is 0 Å². The van der Waals surface area contributed by atoms with Crippen LogP contribution in [0.15, 0.2) is 114 Å². The molecule has 43 heavy (non-hydrogen) atoms. The number of sulfonamides is 1. The third kappa shape index (κ3) is 8.35. The van der Waals surface area contributed by atoms with E-state index in [1.807, 2.05) is 49.4 Å². The average molecular weight is 712 g/mol. The van der Waals surface area contributed by atoms with Gasteiger partial charge in [-0.25, -0.2) is 8.42 Å². The van der Waals surface area contributed by atoms with Crippen LogP contribution in [0.2, 0.25) is 0 Å². The van der Waals surface area contributed by atoms with E-state index in [1.54, 1.807) is 61.7 Å². The summed E-state index contributed by atoms with van der Waals surface area (Å²) in [4.78, 5) is 29.5. The topological polar surface area (TPSA) is 96.0 Å². The Kier molecular flexibility index (Phi) is 11.2. The number of amides is 2. The molecule has 0 aromatic heterocycles. The molecule has 10 heteroatoms. The first kappa shape index (κ1) is 32.0. The Morgan fingerprint density at radius 2 is 1.49 bits per heavy atom. The number of rotatable bonds is 13. The van der Waals surface area contributed by atoms with Gasteiger partial charge in [0.05, 0.1) is 17.7 Å². The first-order valence-electron chi connectivity index (χ1n) is 13.8. The molecule has 224 valence electrons. The van der Waals surface area contributed by atoms with Crippen LogP contribution in [0, 0.1) is 3.57 Å². The van der Waals surface area contributed by atoms with Crippen molar-refractivity contribution in [2.45, 2.75) is 30.8 Å². The maximum Gasteiger partial charge on any atom is 0.264 e. The molecule has 0 radical (unpaired) electrons. The summed E-state index contributed by atoms with van der Waals surface area (Å²) in [6, 6.07) is 30.7. The van der Waals surface area contributed by atoms with Crippen molar-refractivity contribution in [3.05, 3.63) is 124 Å². The van der Waals surface area contributed by atoms with Crippen molar-refractivity contribution in [2.75, 3.05) is 24.5 Å². The van der Waals surface area contributed by atoms with Gasteiger partial charge in [0.25, 0.3) is 10.0 Å². The standard InChI is InChI=1S/C33H34IN3O5S/c1-3-35-33(39)31(22-25-11-6-4-7-12-25)36(23-26-13-10-14-29(21-26)42-2)32(38)24-37(28-19-17-27(34)18-20-28)43(40,41)30-15-8-5-9-16-30/h4-21,31H,3,22-24H2,1-2H3,(H,35,39)/t31-/m0/s1. The molecule has 4 aromatic rings. The number of carbonyl (C=O) groups excluding carboxylic acids is 2.